The molecule has 1 aliphatic heterocycles. The molecule has 1 fully saturated rings. The average molecular weight is 336 g/mol. The van der Waals surface area contributed by atoms with Crippen LogP contribution in [0.5, 0.6) is 0 Å². The van der Waals surface area contributed by atoms with Gasteiger partial charge in [-0.3, -0.25) is 4.90 Å². The molecule has 4 heteroatoms. The van der Waals surface area contributed by atoms with E-state index in [0.717, 1.165) is 18.7 Å². The van der Waals surface area contributed by atoms with Gasteiger partial charge in [-0.05, 0) is 43.1 Å². The van der Waals surface area contributed by atoms with Gasteiger partial charge in [-0.15, -0.1) is 0 Å². The summed E-state index contributed by atoms with van der Waals surface area (Å²) in [6.07, 6.45) is 1.97. The Balaban J connectivity index is 1.90. The van der Waals surface area contributed by atoms with Crippen LogP contribution in [0.1, 0.15) is 45.3 Å². The van der Waals surface area contributed by atoms with Gasteiger partial charge in [-0.25, -0.2) is 0 Å². The van der Waals surface area contributed by atoms with Gasteiger partial charge in [0, 0.05) is 19.2 Å². The van der Waals surface area contributed by atoms with Crippen LogP contribution >= 0.6 is 0 Å². The molecule has 0 spiro atoms. The highest BCUT2D eigenvalue weighted by molar-refractivity contribution is 6.74. The number of benzene rings is 1. The Labute approximate surface area is 142 Å². The molecule has 0 radical (unpaired) electrons. The van der Waals surface area contributed by atoms with Gasteiger partial charge in [0.2, 0.25) is 0 Å². The van der Waals surface area contributed by atoms with Crippen molar-refractivity contribution in [3.8, 4) is 0 Å². The SMILES string of the molecule is CC(C)(C)[Si](C)(C)OC[C@@H]1CCCN1C[C@@H](O)c1ccccc1. The van der Waals surface area contributed by atoms with Crippen molar-refractivity contribution in [3.05, 3.63) is 35.9 Å². The molecule has 0 aliphatic carbocycles. The third kappa shape index (κ3) is 4.89. The van der Waals surface area contributed by atoms with Gasteiger partial charge in [0.25, 0.3) is 0 Å². The molecule has 0 unspecified atom stereocenters. The molecule has 23 heavy (non-hydrogen) atoms. The first-order chi connectivity index (χ1) is 10.7. The summed E-state index contributed by atoms with van der Waals surface area (Å²) in [5.41, 5.74) is 1.00. The van der Waals surface area contributed by atoms with E-state index >= 15 is 0 Å². The smallest absolute Gasteiger partial charge is 0.192 e. The van der Waals surface area contributed by atoms with Crippen LogP contribution in [0.15, 0.2) is 30.3 Å². The summed E-state index contributed by atoms with van der Waals surface area (Å²) in [7, 11) is -1.70. The molecule has 1 saturated heterocycles. The van der Waals surface area contributed by atoms with Crippen LogP contribution < -0.4 is 0 Å². The van der Waals surface area contributed by atoms with Crippen molar-refractivity contribution in [2.45, 2.75) is 63.9 Å². The van der Waals surface area contributed by atoms with E-state index in [2.05, 4.69) is 38.8 Å². The lowest BCUT2D eigenvalue weighted by molar-refractivity contribution is 0.0869. The summed E-state index contributed by atoms with van der Waals surface area (Å²) in [6.45, 7) is 14.0. The Morgan fingerprint density at radius 2 is 1.91 bits per heavy atom. The third-order valence-corrected chi connectivity index (χ3v) is 10.0. The molecular weight excluding hydrogens is 302 g/mol. The van der Waals surface area contributed by atoms with Crippen molar-refractivity contribution in [2.24, 2.45) is 0 Å². The number of hydrogen-bond acceptors (Lipinski definition) is 3. The third-order valence-electron chi connectivity index (χ3n) is 5.53. The summed E-state index contributed by atoms with van der Waals surface area (Å²) in [4.78, 5) is 2.41. The van der Waals surface area contributed by atoms with Gasteiger partial charge < -0.3 is 9.53 Å². The van der Waals surface area contributed by atoms with Gasteiger partial charge in [0.15, 0.2) is 8.32 Å². The largest absolute Gasteiger partial charge is 0.415 e. The fourth-order valence-corrected chi connectivity index (χ4v) is 3.89. The Morgan fingerprint density at radius 3 is 2.52 bits per heavy atom. The van der Waals surface area contributed by atoms with Crippen molar-refractivity contribution >= 4 is 8.32 Å². The van der Waals surface area contributed by atoms with E-state index < -0.39 is 14.4 Å². The van der Waals surface area contributed by atoms with E-state index in [4.69, 9.17) is 4.43 Å². The molecule has 1 aromatic rings. The normalized spacial score (nSPS) is 21.6. The van der Waals surface area contributed by atoms with E-state index in [0.29, 0.717) is 12.6 Å². The number of β-amino-alcohol motifs (C(OH)–C–C–N with tert-alkyl or cyclic N) is 1. The summed E-state index contributed by atoms with van der Waals surface area (Å²) in [5, 5.41) is 10.7. The summed E-state index contributed by atoms with van der Waals surface area (Å²) in [5.74, 6) is 0. The number of rotatable bonds is 6. The zero-order valence-corrected chi connectivity index (χ0v) is 16.4. The highest BCUT2D eigenvalue weighted by Crippen LogP contribution is 2.37. The van der Waals surface area contributed by atoms with E-state index in [9.17, 15) is 5.11 Å². The Morgan fingerprint density at radius 1 is 1.26 bits per heavy atom. The van der Waals surface area contributed by atoms with Crippen molar-refractivity contribution in [2.75, 3.05) is 19.7 Å². The molecule has 0 bridgehead atoms. The Kier molecular flexibility index (Phi) is 6.06. The maximum Gasteiger partial charge on any atom is 0.192 e. The molecule has 1 aromatic carbocycles. The summed E-state index contributed by atoms with van der Waals surface area (Å²) >= 11 is 0. The van der Waals surface area contributed by atoms with Crippen LogP contribution in [0.2, 0.25) is 18.1 Å². The zero-order chi connectivity index (χ0) is 17.1. The zero-order valence-electron chi connectivity index (χ0n) is 15.4. The molecule has 0 saturated carbocycles. The molecule has 3 nitrogen and oxygen atoms in total. The van der Waals surface area contributed by atoms with Crippen LogP contribution in [0.25, 0.3) is 0 Å². The lowest BCUT2D eigenvalue weighted by atomic mass is 10.1. The highest BCUT2D eigenvalue weighted by atomic mass is 28.4. The predicted octanol–water partition coefficient (Wildman–Crippen LogP) is 4.21. The van der Waals surface area contributed by atoms with Crippen LogP contribution in [0.4, 0.5) is 0 Å². The maximum atomic E-state index is 10.5. The molecule has 0 aromatic heterocycles. The van der Waals surface area contributed by atoms with Crippen molar-refractivity contribution in [1.82, 2.24) is 4.90 Å². The van der Waals surface area contributed by atoms with E-state index in [1.54, 1.807) is 0 Å². The second-order valence-corrected chi connectivity index (χ2v) is 13.1. The van der Waals surface area contributed by atoms with Crippen LogP contribution in [0.3, 0.4) is 0 Å². The average Bonchev–Trinajstić information content (AvgIpc) is 2.92. The second-order valence-electron chi connectivity index (χ2n) is 8.29. The topological polar surface area (TPSA) is 32.7 Å². The summed E-state index contributed by atoms with van der Waals surface area (Å²) < 4.78 is 6.41. The lowest BCUT2D eigenvalue weighted by Gasteiger charge is -2.38. The van der Waals surface area contributed by atoms with Crippen molar-refractivity contribution < 1.29 is 9.53 Å². The lowest BCUT2D eigenvalue weighted by Crippen LogP contribution is -2.45. The minimum atomic E-state index is -1.70. The number of likely N-dealkylation sites (tertiary alicyclic amines) is 1. The van der Waals surface area contributed by atoms with Gasteiger partial charge in [-0.1, -0.05) is 51.1 Å². The fourth-order valence-electron chi connectivity index (χ4n) is 2.85. The quantitative estimate of drug-likeness (QED) is 0.791. The minimum absolute atomic E-state index is 0.250. The second kappa shape index (κ2) is 7.47. The Bertz CT molecular complexity index is 484. The van der Waals surface area contributed by atoms with Crippen molar-refractivity contribution in [1.29, 1.82) is 0 Å². The first kappa shape index (κ1) is 18.7. The van der Waals surface area contributed by atoms with E-state index in [1.807, 2.05) is 30.3 Å². The molecular formula is C19H33NO2Si. The standard InChI is InChI=1S/C19H33NO2Si/c1-19(2,3)23(4,5)22-15-17-12-9-13-20(17)14-18(21)16-10-7-6-8-11-16/h6-8,10-11,17-18,21H,9,12-15H2,1-5H3/t17-,18+/m0/s1. The molecule has 1 N–H and O–H groups in total. The monoisotopic (exact) mass is 335 g/mol. The Hall–Kier alpha value is -0.683. The molecule has 2 atom stereocenters. The van der Waals surface area contributed by atoms with Gasteiger partial charge >= 0.3 is 0 Å². The van der Waals surface area contributed by atoms with Crippen LogP contribution in [-0.4, -0.2) is 44.1 Å². The summed E-state index contributed by atoms with van der Waals surface area (Å²) in [6, 6.07) is 10.4. The number of hydrogen-bond donors (Lipinski definition) is 1. The van der Waals surface area contributed by atoms with Gasteiger partial charge in [0.05, 0.1) is 6.10 Å². The predicted molar refractivity (Wildman–Crippen MR) is 99.1 cm³/mol. The fraction of sp³-hybridized carbons (Fsp3) is 0.684. The first-order valence-electron chi connectivity index (χ1n) is 8.82. The van der Waals surface area contributed by atoms with Crippen LogP contribution in [0, 0.1) is 0 Å². The van der Waals surface area contributed by atoms with E-state index in [-0.39, 0.29) is 5.04 Å². The molecule has 130 valence electrons. The number of nitrogens with zero attached hydrogens (tertiary/aromatic N) is 1. The maximum absolute atomic E-state index is 10.5. The molecule has 0 amide bonds. The molecule has 1 aliphatic rings. The minimum Gasteiger partial charge on any atom is -0.415 e. The van der Waals surface area contributed by atoms with Gasteiger partial charge in [0.1, 0.15) is 0 Å². The first-order valence-corrected chi connectivity index (χ1v) is 11.7. The molecule has 2 rings (SSSR count). The van der Waals surface area contributed by atoms with Crippen molar-refractivity contribution in [3.63, 3.8) is 0 Å². The van der Waals surface area contributed by atoms with E-state index in [1.165, 1.54) is 12.8 Å². The molecule has 1 heterocycles. The number of aliphatic hydroxyl groups is 1. The van der Waals surface area contributed by atoms with Crippen LogP contribution in [-0.2, 0) is 4.43 Å². The number of aliphatic hydroxyl groups excluding tert-OH is 1. The van der Waals surface area contributed by atoms with Gasteiger partial charge in [-0.2, -0.15) is 0 Å². The highest BCUT2D eigenvalue weighted by Gasteiger charge is 2.38.